The van der Waals surface area contributed by atoms with E-state index < -0.39 is 5.91 Å². The molecule has 6 heteroatoms. The van der Waals surface area contributed by atoms with E-state index in [1.165, 1.54) is 6.07 Å². The maximum absolute atomic E-state index is 11.3. The molecule has 0 unspecified atom stereocenters. The molecule has 0 saturated carbocycles. The highest BCUT2D eigenvalue weighted by Crippen LogP contribution is 2.22. The molecule has 2 aromatic carbocycles. The molecule has 2 N–H and O–H groups in total. The summed E-state index contributed by atoms with van der Waals surface area (Å²) < 4.78 is 11.0. The van der Waals surface area contributed by atoms with Gasteiger partial charge in [0.25, 0.3) is 5.91 Å². The van der Waals surface area contributed by atoms with Crippen LogP contribution in [0, 0.1) is 0 Å². The first-order chi connectivity index (χ1) is 10.1. The SMILES string of the molecule is NC(=O)c1cc(Cl)ccc1OCCOc1ccc(Cl)cc1. The molecule has 0 aliphatic carbocycles. The topological polar surface area (TPSA) is 61.6 Å². The van der Waals surface area contributed by atoms with Gasteiger partial charge in [0.2, 0.25) is 0 Å². The largest absolute Gasteiger partial charge is 0.490 e. The van der Waals surface area contributed by atoms with Crippen LogP contribution < -0.4 is 15.2 Å². The van der Waals surface area contributed by atoms with E-state index in [0.717, 1.165) is 0 Å². The highest BCUT2D eigenvalue weighted by Gasteiger charge is 2.10. The first-order valence-corrected chi connectivity index (χ1v) is 6.92. The fourth-order valence-electron chi connectivity index (χ4n) is 1.66. The lowest BCUT2D eigenvalue weighted by Gasteiger charge is -2.11. The van der Waals surface area contributed by atoms with Crippen molar-refractivity contribution in [1.29, 1.82) is 0 Å². The summed E-state index contributed by atoms with van der Waals surface area (Å²) in [6.45, 7) is 0.590. The third kappa shape index (κ3) is 4.55. The lowest BCUT2D eigenvalue weighted by atomic mass is 10.2. The molecule has 0 aliphatic rings. The normalized spacial score (nSPS) is 10.2. The Balaban J connectivity index is 1.89. The van der Waals surface area contributed by atoms with Crippen molar-refractivity contribution in [2.45, 2.75) is 0 Å². The monoisotopic (exact) mass is 325 g/mol. The van der Waals surface area contributed by atoms with Crippen LogP contribution in [0.15, 0.2) is 42.5 Å². The summed E-state index contributed by atoms with van der Waals surface area (Å²) in [4.78, 5) is 11.3. The first kappa shape index (κ1) is 15.5. The molecule has 0 aliphatic heterocycles. The lowest BCUT2D eigenvalue weighted by Crippen LogP contribution is -2.15. The average molecular weight is 326 g/mol. The van der Waals surface area contributed by atoms with E-state index in [-0.39, 0.29) is 12.2 Å². The third-order valence-corrected chi connectivity index (χ3v) is 3.12. The van der Waals surface area contributed by atoms with E-state index in [1.54, 1.807) is 36.4 Å². The molecule has 0 atom stereocenters. The summed E-state index contributed by atoms with van der Waals surface area (Å²) in [5.74, 6) is 0.479. The molecular formula is C15H13Cl2NO3. The zero-order valence-corrected chi connectivity index (χ0v) is 12.5. The van der Waals surface area contributed by atoms with Crippen LogP contribution in [0.2, 0.25) is 10.0 Å². The molecular weight excluding hydrogens is 313 g/mol. The Morgan fingerprint density at radius 2 is 1.57 bits per heavy atom. The fraction of sp³-hybridized carbons (Fsp3) is 0.133. The fourth-order valence-corrected chi connectivity index (χ4v) is 1.96. The summed E-state index contributed by atoms with van der Waals surface area (Å²) in [5.41, 5.74) is 5.52. The minimum Gasteiger partial charge on any atom is -0.490 e. The van der Waals surface area contributed by atoms with Crippen LogP contribution in [-0.2, 0) is 0 Å². The van der Waals surface area contributed by atoms with Crippen LogP contribution in [0.4, 0.5) is 0 Å². The van der Waals surface area contributed by atoms with Gasteiger partial charge in [0.15, 0.2) is 0 Å². The Bertz CT molecular complexity index is 629. The van der Waals surface area contributed by atoms with Crippen molar-refractivity contribution < 1.29 is 14.3 Å². The molecule has 0 fully saturated rings. The maximum Gasteiger partial charge on any atom is 0.252 e. The third-order valence-electron chi connectivity index (χ3n) is 2.63. The molecule has 4 nitrogen and oxygen atoms in total. The van der Waals surface area contributed by atoms with E-state index in [9.17, 15) is 4.79 Å². The van der Waals surface area contributed by atoms with Crippen molar-refractivity contribution in [1.82, 2.24) is 0 Å². The van der Waals surface area contributed by atoms with Crippen molar-refractivity contribution >= 4 is 29.1 Å². The summed E-state index contributed by atoms with van der Waals surface area (Å²) in [7, 11) is 0. The van der Waals surface area contributed by atoms with Gasteiger partial charge in [-0.05, 0) is 42.5 Å². The molecule has 0 radical (unpaired) electrons. The highest BCUT2D eigenvalue weighted by atomic mass is 35.5. The van der Waals surface area contributed by atoms with Gasteiger partial charge in [-0.15, -0.1) is 0 Å². The second kappa shape index (κ2) is 7.20. The predicted molar refractivity (Wildman–Crippen MR) is 82.4 cm³/mol. The van der Waals surface area contributed by atoms with E-state index in [2.05, 4.69) is 0 Å². The number of halogens is 2. The zero-order valence-electron chi connectivity index (χ0n) is 11.0. The van der Waals surface area contributed by atoms with Crippen molar-refractivity contribution in [3.63, 3.8) is 0 Å². The number of carbonyl (C=O) groups excluding carboxylic acids is 1. The quantitative estimate of drug-likeness (QED) is 0.826. The molecule has 21 heavy (non-hydrogen) atoms. The van der Waals surface area contributed by atoms with Gasteiger partial charge in [-0.2, -0.15) is 0 Å². The smallest absolute Gasteiger partial charge is 0.252 e. The van der Waals surface area contributed by atoms with Gasteiger partial charge in [-0.1, -0.05) is 23.2 Å². The number of ether oxygens (including phenoxy) is 2. The van der Waals surface area contributed by atoms with Crippen LogP contribution >= 0.6 is 23.2 Å². The van der Waals surface area contributed by atoms with Crippen LogP contribution in [-0.4, -0.2) is 19.1 Å². The van der Waals surface area contributed by atoms with E-state index in [1.807, 2.05) is 0 Å². The number of nitrogens with two attached hydrogens (primary N) is 1. The summed E-state index contributed by atoms with van der Waals surface area (Å²) in [6.07, 6.45) is 0. The van der Waals surface area contributed by atoms with Crippen molar-refractivity contribution in [2.24, 2.45) is 5.73 Å². The number of benzene rings is 2. The van der Waals surface area contributed by atoms with Gasteiger partial charge in [-0.3, -0.25) is 4.79 Å². The van der Waals surface area contributed by atoms with Crippen LogP contribution in [0.1, 0.15) is 10.4 Å². The predicted octanol–water partition coefficient (Wildman–Crippen LogP) is 3.55. The standard InChI is InChI=1S/C15H13Cl2NO3/c16-10-1-4-12(5-2-10)20-7-8-21-14-6-3-11(17)9-13(14)15(18)19/h1-6,9H,7-8H2,(H2,18,19). The Kier molecular flexibility index (Phi) is 5.31. The Hall–Kier alpha value is -1.91. The Labute approximate surface area is 132 Å². The second-order valence-corrected chi connectivity index (χ2v) is 5.03. The summed E-state index contributed by atoms with van der Waals surface area (Å²) >= 11 is 11.6. The summed E-state index contributed by atoms with van der Waals surface area (Å²) in [6, 6.07) is 11.7. The Morgan fingerprint density at radius 1 is 0.952 bits per heavy atom. The van der Waals surface area contributed by atoms with Crippen LogP contribution in [0.3, 0.4) is 0 Å². The van der Waals surface area contributed by atoms with Crippen molar-refractivity contribution in [2.75, 3.05) is 13.2 Å². The van der Waals surface area contributed by atoms with Crippen molar-refractivity contribution in [3.05, 3.63) is 58.1 Å². The Morgan fingerprint density at radius 3 is 2.24 bits per heavy atom. The highest BCUT2D eigenvalue weighted by molar-refractivity contribution is 6.31. The summed E-state index contributed by atoms with van der Waals surface area (Å²) in [5, 5.41) is 1.07. The zero-order chi connectivity index (χ0) is 15.2. The molecule has 110 valence electrons. The molecule has 0 spiro atoms. The number of carbonyl (C=O) groups is 1. The first-order valence-electron chi connectivity index (χ1n) is 6.17. The molecule has 2 aromatic rings. The van der Waals surface area contributed by atoms with E-state index in [4.69, 9.17) is 38.4 Å². The van der Waals surface area contributed by atoms with E-state index >= 15 is 0 Å². The van der Waals surface area contributed by atoms with Gasteiger partial charge >= 0.3 is 0 Å². The lowest BCUT2D eigenvalue weighted by molar-refractivity contribution is 0.0995. The maximum atomic E-state index is 11.3. The number of hydrogen-bond donors (Lipinski definition) is 1. The van der Waals surface area contributed by atoms with Crippen LogP contribution in [0.5, 0.6) is 11.5 Å². The van der Waals surface area contributed by atoms with Crippen molar-refractivity contribution in [3.8, 4) is 11.5 Å². The molecule has 0 bridgehead atoms. The van der Waals surface area contributed by atoms with Gasteiger partial charge < -0.3 is 15.2 Å². The molecule has 0 aromatic heterocycles. The molecule has 1 amide bonds. The number of primary amides is 1. The minimum absolute atomic E-state index is 0.244. The number of hydrogen-bond acceptors (Lipinski definition) is 3. The van der Waals surface area contributed by atoms with E-state index in [0.29, 0.717) is 28.2 Å². The number of rotatable bonds is 6. The average Bonchev–Trinajstić information content (AvgIpc) is 2.46. The van der Waals surface area contributed by atoms with Gasteiger partial charge in [-0.25, -0.2) is 0 Å². The van der Waals surface area contributed by atoms with Gasteiger partial charge in [0.1, 0.15) is 24.7 Å². The van der Waals surface area contributed by atoms with Crippen LogP contribution in [0.25, 0.3) is 0 Å². The molecule has 0 saturated heterocycles. The second-order valence-electron chi connectivity index (χ2n) is 4.16. The van der Waals surface area contributed by atoms with Gasteiger partial charge in [0, 0.05) is 10.0 Å². The minimum atomic E-state index is -0.592. The number of amides is 1. The molecule has 0 heterocycles. The molecule has 2 rings (SSSR count). The van der Waals surface area contributed by atoms with Gasteiger partial charge in [0.05, 0.1) is 5.56 Å².